The monoisotopic (exact) mass is 450 g/mol. The summed E-state index contributed by atoms with van der Waals surface area (Å²) in [5.41, 5.74) is 0.340. The van der Waals surface area contributed by atoms with Crippen molar-refractivity contribution in [1.29, 1.82) is 0 Å². The molecule has 1 aliphatic heterocycles. The third-order valence-electron chi connectivity index (χ3n) is 5.09. The van der Waals surface area contributed by atoms with E-state index < -0.39 is 28.4 Å². The van der Waals surface area contributed by atoms with Gasteiger partial charge in [-0.2, -0.15) is 0 Å². The van der Waals surface area contributed by atoms with Crippen LogP contribution in [0.2, 0.25) is 5.02 Å². The number of ketones is 1. The van der Waals surface area contributed by atoms with Crippen molar-refractivity contribution in [3.05, 3.63) is 105 Å². The highest BCUT2D eigenvalue weighted by Crippen LogP contribution is 2.42. The molecule has 1 aliphatic rings. The summed E-state index contributed by atoms with van der Waals surface area (Å²) in [6, 6.07) is 16.2. The Balaban J connectivity index is 1.94. The van der Waals surface area contributed by atoms with Gasteiger partial charge in [0.1, 0.15) is 11.5 Å². The van der Waals surface area contributed by atoms with Gasteiger partial charge < -0.3 is 10.2 Å². The molecular weight excluding hydrogens is 436 g/mol. The highest BCUT2D eigenvalue weighted by atomic mass is 35.5. The zero-order valence-electron chi connectivity index (χ0n) is 16.3. The highest BCUT2D eigenvalue weighted by molar-refractivity contribution is 6.51. The largest absolute Gasteiger partial charge is 0.508 e. The minimum atomic E-state index is -1.03. The molecule has 0 aromatic heterocycles. The van der Waals surface area contributed by atoms with Gasteiger partial charge in [-0.3, -0.25) is 24.6 Å². The molecule has 160 valence electrons. The van der Waals surface area contributed by atoms with Crippen LogP contribution in [0.3, 0.4) is 0 Å². The zero-order chi connectivity index (χ0) is 23.0. The van der Waals surface area contributed by atoms with E-state index in [1.165, 1.54) is 47.4 Å². The van der Waals surface area contributed by atoms with Crippen molar-refractivity contribution in [3.63, 3.8) is 0 Å². The van der Waals surface area contributed by atoms with Crippen LogP contribution in [0.1, 0.15) is 17.2 Å². The summed E-state index contributed by atoms with van der Waals surface area (Å²) in [4.78, 5) is 37.8. The third kappa shape index (κ3) is 3.67. The van der Waals surface area contributed by atoms with Gasteiger partial charge >= 0.3 is 0 Å². The van der Waals surface area contributed by atoms with Gasteiger partial charge in [0.05, 0.1) is 16.5 Å². The number of rotatable bonds is 4. The second kappa shape index (κ2) is 8.16. The second-order valence-corrected chi connectivity index (χ2v) is 7.48. The minimum absolute atomic E-state index is 0.0177. The number of hydrogen-bond acceptors (Lipinski definition) is 6. The minimum Gasteiger partial charge on any atom is -0.508 e. The Kier molecular flexibility index (Phi) is 5.38. The summed E-state index contributed by atoms with van der Waals surface area (Å²) in [6.07, 6.45) is 0. The van der Waals surface area contributed by atoms with Gasteiger partial charge in [0.2, 0.25) is 0 Å². The number of aliphatic hydroxyl groups is 1. The number of nitro groups is 1. The van der Waals surface area contributed by atoms with E-state index in [1.807, 2.05) is 0 Å². The van der Waals surface area contributed by atoms with E-state index in [1.54, 1.807) is 24.3 Å². The lowest BCUT2D eigenvalue weighted by molar-refractivity contribution is -0.384. The standard InChI is InChI=1S/C23H15ClN2O6/c24-15-6-8-16(9-7-15)25-20(13-4-10-18(27)11-5-13)19(22(29)23(25)30)21(28)14-2-1-3-17(12-14)26(31)32/h1-12,20,27-28H/b21-19-. The molecule has 8 nitrogen and oxygen atoms in total. The van der Waals surface area contributed by atoms with Crippen LogP contribution in [-0.2, 0) is 9.59 Å². The smallest absolute Gasteiger partial charge is 0.300 e. The molecule has 2 N–H and O–H groups in total. The molecule has 0 radical (unpaired) electrons. The second-order valence-electron chi connectivity index (χ2n) is 7.04. The zero-order valence-corrected chi connectivity index (χ0v) is 17.1. The Morgan fingerprint density at radius 2 is 1.66 bits per heavy atom. The molecule has 3 aromatic rings. The van der Waals surface area contributed by atoms with Gasteiger partial charge in [-0.1, -0.05) is 35.9 Å². The fraction of sp³-hybridized carbons (Fsp3) is 0.0435. The molecule has 0 aliphatic carbocycles. The number of aromatic hydroxyl groups is 1. The number of Topliss-reactive ketones (excluding diaryl/α,β-unsaturated/α-hetero) is 1. The molecular formula is C23H15ClN2O6. The van der Waals surface area contributed by atoms with Crippen LogP contribution in [0, 0.1) is 10.1 Å². The van der Waals surface area contributed by atoms with Gasteiger partial charge in [-0.25, -0.2) is 0 Å². The number of hydrogen-bond donors (Lipinski definition) is 2. The van der Waals surface area contributed by atoms with E-state index in [0.29, 0.717) is 16.3 Å². The number of nitrogens with zero attached hydrogens (tertiary/aromatic N) is 2. The number of phenols is 1. The predicted molar refractivity (Wildman–Crippen MR) is 117 cm³/mol. The number of amides is 1. The van der Waals surface area contributed by atoms with E-state index in [-0.39, 0.29) is 22.6 Å². The van der Waals surface area contributed by atoms with Crippen LogP contribution in [0.4, 0.5) is 11.4 Å². The first-order valence-corrected chi connectivity index (χ1v) is 9.76. The number of carbonyl (C=O) groups excluding carboxylic acids is 2. The summed E-state index contributed by atoms with van der Waals surface area (Å²) in [5, 5.41) is 32.2. The third-order valence-corrected chi connectivity index (χ3v) is 5.34. The number of nitro benzene ring substituents is 1. The first-order chi connectivity index (χ1) is 15.3. The highest BCUT2D eigenvalue weighted by Gasteiger charge is 2.47. The van der Waals surface area contributed by atoms with Crippen molar-refractivity contribution in [3.8, 4) is 5.75 Å². The lowest BCUT2D eigenvalue weighted by Gasteiger charge is -2.25. The average Bonchev–Trinajstić information content (AvgIpc) is 3.05. The topological polar surface area (TPSA) is 121 Å². The average molecular weight is 451 g/mol. The van der Waals surface area contributed by atoms with E-state index in [4.69, 9.17) is 11.6 Å². The fourth-order valence-electron chi connectivity index (χ4n) is 3.59. The van der Waals surface area contributed by atoms with Crippen LogP contribution in [0.5, 0.6) is 5.75 Å². The number of phenolic OH excluding ortho intramolecular Hbond substituents is 1. The Labute approximate surface area is 186 Å². The molecule has 4 rings (SSSR count). The number of carbonyl (C=O) groups is 2. The quantitative estimate of drug-likeness (QED) is 0.197. The molecule has 0 saturated carbocycles. The fourth-order valence-corrected chi connectivity index (χ4v) is 3.72. The van der Waals surface area contributed by atoms with Crippen LogP contribution >= 0.6 is 11.6 Å². The molecule has 0 bridgehead atoms. The van der Waals surface area contributed by atoms with Crippen molar-refractivity contribution in [2.45, 2.75) is 6.04 Å². The van der Waals surface area contributed by atoms with Gasteiger partial charge in [-0.05, 0) is 42.0 Å². The number of aliphatic hydroxyl groups excluding tert-OH is 1. The van der Waals surface area contributed by atoms with Crippen LogP contribution in [-0.4, -0.2) is 26.8 Å². The van der Waals surface area contributed by atoms with E-state index in [2.05, 4.69) is 0 Å². The van der Waals surface area contributed by atoms with Crippen LogP contribution < -0.4 is 4.90 Å². The Bertz CT molecular complexity index is 1270. The molecule has 0 spiro atoms. The molecule has 9 heteroatoms. The van der Waals surface area contributed by atoms with E-state index in [0.717, 1.165) is 6.07 Å². The normalized spacial score (nSPS) is 17.5. The maximum absolute atomic E-state index is 13.0. The molecule has 1 atom stereocenters. The summed E-state index contributed by atoms with van der Waals surface area (Å²) < 4.78 is 0. The summed E-state index contributed by atoms with van der Waals surface area (Å²) in [6.45, 7) is 0. The van der Waals surface area contributed by atoms with Crippen LogP contribution in [0.15, 0.2) is 78.4 Å². The summed E-state index contributed by atoms with van der Waals surface area (Å²) in [5.74, 6) is -2.38. The molecule has 1 saturated heterocycles. The Hall–Kier alpha value is -4.17. The van der Waals surface area contributed by atoms with Crippen molar-refractivity contribution in [1.82, 2.24) is 0 Å². The lowest BCUT2D eigenvalue weighted by Crippen LogP contribution is -2.29. The van der Waals surface area contributed by atoms with Crippen molar-refractivity contribution in [2.75, 3.05) is 4.90 Å². The first kappa shape index (κ1) is 21.1. The van der Waals surface area contributed by atoms with Crippen molar-refractivity contribution in [2.24, 2.45) is 0 Å². The SMILES string of the molecule is O=C1C(=O)N(c2ccc(Cl)cc2)C(c2ccc(O)cc2)/C1=C(/O)c1cccc([N+](=O)[O-])c1. The van der Waals surface area contributed by atoms with E-state index >= 15 is 0 Å². The van der Waals surface area contributed by atoms with Gasteiger partial charge in [0.15, 0.2) is 0 Å². The van der Waals surface area contributed by atoms with E-state index in [9.17, 15) is 29.9 Å². The maximum atomic E-state index is 13.0. The Morgan fingerprint density at radius 1 is 1.00 bits per heavy atom. The predicted octanol–water partition coefficient (Wildman–Crippen LogP) is 4.58. The molecule has 32 heavy (non-hydrogen) atoms. The summed E-state index contributed by atoms with van der Waals surface area (Å²) >= 11 is 5.95. The number of benzene rings is 3. The number of anilines is 1. The Morgan fingerprint density at radius 3 is 2.28 bits per heavy atom. The molecule has 1 heterocycles. The van der Waals surface area contributed by atoms with Gasteiger partial charge in [0, 0.05) is 28.4 Å². The molecule has 1 fully saturated rings. The molecule has 1 amide bonds. The maximum Gasteiger partial charge on any atom is 0.300 e. The van der Waals surface area contributed by atoms with Crippen molar-refractivity contribution >= 4 is 40.4 Å². The molecule has 1 unspecified atom stereocenters. The first-order valence-electron chi connectivity index (χ1n) is 9.38. The lowest BCUT2D eigenvalue weighted by atomic mass is 9.95. The number of halogens is 1. The number of non-ortho nitro benzene ring substituents is 1. The van der Waals surface area contributed by atoms with Crippen molar-refractivity contribution < 1.29 is 24.7 Å². The summed E-state index contributed by atoms with van der Waals surface area (Å²) in [7, 11) is 0. The van der Waals surface area contributed by atoms with Gasteiger partial charge in [0.25, 0.3) is 17.4 Å². The molecule has 3 aromatic carbocycles. The van der Waals surface area contributed by atoms with Crippen LogP contribution in [0.25, 0.3) is 5.76 Å². The van der Waals surface area contributed by atoms with Gasteiger partial charge in [-0.15, -0.1) is 0 Å².